The van der Waals surface area contributed by atoms with E-state index in [4.69, 9.17) is 4.74 Å². The van der Waals surface area contributed by atoms with Crippen molar-refractivity contribution in [2.24, 2.45) is 5.92 Å². The summed E-state index contributed by atoms with van der Waals surface area (Å²) in [7, 11) is -3.84. The Balaban J connectivity index is 1.54. The minimum atomic E-state index is -3.84. The Morgan fingerprint density at radius 2 is 1.91 bits per heavy atom. The van der Waals surface area contributed by atoms with Crippen LogP contribution in [0.3, 0.4) is 0 Å². The molecule has 0 radical (unpaired) electrons. The van der Waals surface area contributed by atoms with Crippen molar-refractivity contribution in [1.29, 1.82) is 0 Å². The van der Waals surface area contributed by atoms with E-state index < -0.39 is 22.0 Å². The van der Waals surface area contributed by atoms with Gasteiger partial charge in [0.2, 0.25) is 15.9 Å². The number of carbonyl (C=O) groups excluding carboxylic acids is 2. The van der Waals surface area contributed by atoms with Crippen LogP contribution in [0.5, 0.6) is 5.75 Å². The molecule has 0 unspecified atom stereocenters. The van der Waals surface area contributed by atoms with Gasteiger partial charge in [-0.05, 0) is 57.4 Å². The fourth-order valence-corrected chi connectivity index (χ4v) is 5.76. The minimum absolute atomic E-state index is 0.116. The molecule has 0 aliphatic carbocycles. The Kier molecular flexibility index (Phi) is 5.96. The molecule has 170 valence electrons. The maximum atomic E-state index is 13.5. The van der Waals surface area contributed by atoms with E-state index in [2.05, 4.69) is 10.6 Å². The van der Waals surface area contributed by atoms with Crippen LogP contribution < -0.4 is 15.4 Å². The maximum Gasteiger partial charge on any atom is 0.265 e. The van der Waals surface area contributed by atoms with Crippen molar-refractivity contribution in [3.05, 3.63) is 47.5 Å². The van der Waals surface area contributed by atoms with Gasteiger partial charge in [0, 0.05) is 24.8 Å². The van der Waals surface area contributed by atoms with Crippen LogP contribution in [0, 0.1) is 19.8 Å². The zero-order chi connectivity index (χ0) is 23.0. The number of aryl methyl sites for hydroxylation is 2. The summed E-state index contributed by atoms with van der Waals surface area (Å²) in [6.45, 7) is 5.72. The smallest absolute Gasteiger partial charge is 0.265 e. The number of amides is 2. The fraction of sp³-hybridized carbons (Fsp3) is 0.391. The van der Waals surface area contributed by atoms with Gasteiger partial charge in [-0.15, -0.1) is 0 Å². The van der Waals surface area contributed by atoms with Gasteiger partial charge in [-0.25, -0.2) is 8.42 Å². The molecule has 2 aliphatic heterocycles. The first-order chi connectivity index (χ1) is 15.1. The van der Waals surface area contributed by atoms with E-state index in [1.807, 2.05) is 31.2 Å². The van der Waals surface area contributed by atoms with Gasteiger partial charge in [0.05, 0.1) is 16.5 Å². The molecule has 0 saturated carbocycles. The first kappa shape index (κ1) is 22.3. The van der Waals surface area contributed by atoms with Gasteiger partial charge in [0.1, 0.15) is 5.75 Å². The van der Waals surface area contributed by atoms with Gasteiger partial charge >= 0.3 is 0 Å². The molecule has 2 aliphatic rings. The number of piperidine rings is 1. The molecule has 1 fully saturated rings. The van der Waals surface area contributed by atoms with Crippen LogP contribution in [0.2, 0.25) is 0 Å². The Labute approximate surface area is 188 Å². The summed E-state index contributed by atoms with van der Waals surface area (Å²) >= 11 is 0. The molecule has 2 N–H and O–H groups in total. The van der Waals surface area contributed by atoms with Crippen LogP contribution in [0.25, 0.3) is 0 Å². The van der Waals surface area contributed by atoms with E-state index in [0.29, 0.717) is 42.1 Å². The van der Waals surface area contributed by atoms with Gasteiger partial charge in [-0.1, -0.05) is 17.7 Å². The highest BCUT2D eigenvalue weighted by Gasteiger charge is 2.35. The maximum absolute atomic E-state index is 13.5. The number of hydrogen-bond donors (Lipinski definition) is 2. The van der Waals surface area contributed by atoms with E-state index in [-0.39, 0.29) is 23.3 Å². The molecule has 0 spiro atoms. The third-order valence-electron chi connectivity index (χ3n) is 5.90. The molecule has 2 heterocycles. The van der Waals surface area contributed by atoms with E-state index in [1.54, 1.807) is 19.9 Å². The lowest BCUT2D eigenvalue weighted by atomic mass is 9.98. The number of sulfonamides is 1. The van der Waals surface area contributed by atoms with Crippen LogP contribution in [-0.4, -0.2) is 43.7 Å². The van der Waals surface area contributed by atoms with Gasteiger partial charge < -0.3 is 15.4 Å². The number of benzene rings is 2. The summed E-state index contributed by atoms with van der Waals surface area (Å²) in [5.74, 6) is -0.568. The summed E-state index contributed by atoms with van der Waals surface area (Å²) < 4.78 is 33.9. The predicted molar refractivity (Wildman–Crippen MR) is 121 cm³/mol. The highest BCUT2D eigenvalue weighted by Crippen LogP contribution is 2.36. The fourth-order valence-electron chi connectivity index (χ4n) is 4.02. The minimum Gasteiger partial charge on any atom is -0.479 e. The first-order valence-electron chi connectivity index (χ1n) is 10.6. The molecule has 9 heteroatoms. The predicted octanol–water partition coefficient (Wildman–Crippen LogP) is 3.06. The zero-order valence-electron chi connectivity index (χ0n) is 18.3. The van der Waals surface area contributed by atoms with E-state index in [9.17, 15) is 18.0 Å². The zero-order valence-corrected chi connectivity index (χ0v) is 19.2. The number of hydrogen-bond acceptors (Lipinski definition) is 5. The summed E-state index contributed by atoms with van der Waals surface area (Å²) in [5.41, 5.74) is 2.75. The average molecular weight is 458 g/mol. The Morgan fingerprint density at radius 3 is 2.62 bits per heavy atom. The molecule has 8 nitrogen and oxygen atoms in total. The number of carbonyl (C=O) groups is 2. The monoisotopic (exact) mass is 457 g/mol. The summed E-state index contributed by atoms with van der Waals surface area (Å²) in [6.07, 6.45) is 0.517. The van der Waals surface area contributed by atoms with Crippen molar-refractivity contribution in [2.75, 3.05) is 23.7 Å². The Bertz CT molecular complexity index is 1160. The molecule has 32 heavy (non-hydrogen) atoms. The second-order valence-electron chi connectivity index (χ2n) is 8.42. The Hall–Kier alpha value is -2.91. The SMILES string of the molecule is Cc1ccc(NC(=O)[C@H]2CCCN(S(=O)(=O)c3cc4c(cc3C)NC(=O)[C@@H](C)O4)C2)cc1. The number of nitrogens with one attached hydrogen (secondary N) is 2. The summed E-state index contributed by atoms with van der Waals surface area (Å²) in [6, 6.07) is 10.6. The second kappa shape index (κ2) is 8.55. The molecule has 0 bridgehead atoms. The topological polar surface area (TPSA) is 105 Å². The van der Waals surface area contributed by atoms with Crippen LogP contribution in [0.4, 0.5) is 11.4 Å². The third-order valence-corrected chi connectivity index (χ3v) is 7.91. The van der Waals surface area contributed by atoms with Crippen LogP contribution in [0.15, 0.2) is 41.3 Å². The second-order valence-corrected chi connectivity index (χ2v) is 10.3. The van der Waals surface area contributed by atoms with Crippen molar-refractivity contribution in [3.63, 3.8) is 0 Å². The van der Waals surface area contributed by atoms with Crippen molar-refractivity contribution < 1.29 is 22.7 Å². The molecule has 1 saturated heterocycles. The number of rotatable bonds is 4. The van der Waals surface area contributed by atoms with Gasteiger partial charge in [-0.3, -0.25) is 9.59 Å². The lowest BCUT2D eigenvalue weighted by Gasteiger charge is -2.32. The van der Waals surface area contributed by atoms with E-state index in [0.717, 1.165) is 5.56 Å². The highest BCUT2D eigenvalue weighted by molar-refractivity contribution is 7.89. The van der Waals surface area contributed by atoms with Crippen LogP contribution >= 0.6 is 0 Å². The van der Waals surface area contributed by atoms with Gasteiger partial charge in [-0.2, -0.15) is 4.31 Å². The number of fused-ring (bicyclic) bond motifs is 1. The summed E-state index contributed by atoms with van der Waals surface area (Å²) in [5, 5.41) is 5.62. The quantitative estimate of drug-likeness (QED) is 0.734. The molecular weight excluding hydrogens is 430 g/mol. The van der Waals surface area contributed by atoms with Crippen molar-refractivity contribution in [1.82, 2.24) is 4.31 Å². The third kappa shape index (κ3) is 4.35. The standard InChI is InChI=1S/C23H27N3O5S/c1-14-6-8-18(9-7-14)24-23(28)17-5-4-10-26(13-17)32(29,30)21-12-20-19(11-15(21)2)25-22(27)16(3)31-20/h6-9,11-12,16-17H,4-5,10,13H2,1-3H3,(H,24,28)(H,25,27)/t16-,17+/m1/s1. The lowest BCUT2D eigenvalue weighted by molar-refractivity contribution is -0.123. The van der Waals surface area contributed by atoms with Crippen molar-refractivity contribution in [3.8, 4) is 5.75 Å². The van der Waals surface area contributed by atoms with E-state index >= 15 is 0 Å². The Morgan fingerprint density at radius 1 is 1.19 bits per heavy atom. The molecule has 0 aromatic heterocycles. The van der Waals surface area contributed by atoms with Gasteiger partial charge in [0.25, 0.3) is 5.91 Å². The van der Waals surface area contributed by atoms with Crippen LogP contribution in [-0.2, 0) is 19.6 Å². The summed E-state index contributed by atoms with van der Waals surface area (Å²) in [4.78, 5) is 24.8. The number of ether oxygens (including phenoxy) is 1. The van der Waals surface area contributed by atoms with Crippen molar-refractivity contribution in [2.45, 2.75) is 44.6 Å². The number of nitrogens with zero attached hydrogens (tertiary/aromatic N) is 1. The molecule has 2 aromatic carbocycles. The molecule has 2 atom stereocenters. The van der Waals surface area contributed by atoms with Gasteiger partial charge in [0.15, 0.2) is 6.10 Å². The molecule has 2 aromatic rings. The van der Waals surface area contributed by atoms with Crippen LogP contribution in [0.1, 0.15) is 30.9 Å². The normalized spacial score (nSPS) is 21.3. The average Bonchev–Trinajstić information content (AvgIpc) is 2.76. The molecule has 4 rings (SSSR count). The lowest BCUT2D eigenvalue weighted by Crippen LogP contribution is -2.44. The molecular formula is C23H27N3O5S. The molecule has 2 amide bonds. The highest BCUT2D eigenvalue weighted by atomic mass is 32.2. The van der Waals surface area contributed by atoms with E-state index in [1.165, 1.54) is 10.4 Å². The largest absolute Gasteiger partial charge is 0.479 e. The number of anilines is 2. The van der Waals surface area contributed by atoms with Crippen molar-refractivity contribution >= 4 is 33.2 Å². The first-order valence-corrected chi connectivity index (χ1v) is 12.1.